The summed E-state index contributed by atoms with van der Waals surface area (Å²) >= 11 is 0. The number of hydroxylamine groups is 2. The summed E-state index contributed by atoms with van der Waals surface area (Å²) in [6.45, 7) is 4.95. The largest absolute Gasteiger partial charge is 0.391 e. The highest BCUT2D eigenvalue weighted by Crippen LogP contribution is 2.30. The van der Waals surface area contributed by atoms with Crippen LogP contribution in [0.3, 0.4) is 0 Å². The van der Waals surface area contributed by atoms with Gasteiger partial charge in [-0.1, -0.05) is 0 Å². The average molecular weight is 233 g/mol. The predicted octanol–water partition coefficient (Wildman–Crippen LogP) is -0.0929. The van der Waals surface area contributed by atoms with E-state index < -0.39 is 24.1 Å². The SMILES string of the molecule is CON(C)C(=O)[C@@H]1OC(C)(C)O[C@H]1[C@@H](C)O. The average Bonchev–Trinajstić information content (AvgIpc) is 2.52. The Kier molecular flexibility index (Phi) is 3.90. The lowest BCUT2D eigenvalue weighted by Crippen LogP contribution is -2.45. The monoisotopic (exact) mass is 233 g/mol. The van der Waals surface area contributed by atoms with Crippen LogP contribution in [0.15, 0.2) is 0 Å². The highest BCUT2D eigenvalue weighted by Gasteiger charge is 2.48. The second-order valence-corrected chi connectivity index (χ2v) is 4.28. The summed E-state index contributed by atoms with van der Waals surface area (Å²) in [5.74, 6) is -1.25. The maximum atomic E-state index is 11.9. The molecular formula is C10H19NO5. The fourth-order valence-electron chi connectivity index (χ4n) is 1.60. The molecule has 0 aromatic rings. The molecule has 0 unspecified atom stereocenters. The van der Waals surface area contributed by atoms with Crippen molar-refractivity contribution >= 4 is 5.91 Å². The lowest BCUT2D eigenvalue weighted by Gasteiger charge is -2.22. The number of likely N-dealkylation sites (N-methyl/N-ethyl adjacent to an activating group) is 1. The highest BCUT2D eigenvalue weighted by molar-refractivity contribution is 5.80. The maximum absolute atomic E-state index is 11.9. The van der Waals surface area contributed by atoms with Crippen LogP contribution in [0.4, 0.5) is 0 Å². The third-order valence-corrected chi connectivity index (χ3v) is 2.43. The van der Waals surface area contributed by atoms with Crippen LogP contribution in [0.1, 0.15) is 20.8 Å². The van der Waals surface area contributed by atoms with Crippen molar-refractivity contribution in [3.05, 3.63) is 0 Å². The third-order valence-electron chi connectivity index (χ3n) is 2.43. The molecule has 1 N–H and O–H groups in total. The Labute approximate surface area is 95.0 Å². The smallest absolute Gasteiger partial charge is 0.277 e. The molecule has 0 bridgehead atoms. The molecule has 0 aliphatic carbocycles. The molecule has 94 valence electrons. The molecule has 0 spiro atoms. The van der Waals surface area contributed by atoms with E-state index in [1.807, 2.05) is 0 Å². The molecule has 1 fully saturated rings. The first kappa shape index (κ1) is 13.4. The van der Waals surface area contributed by atoms with Crippen molar-refractivity contribution in [3.63, 3.8) is 0 Å². The molecule has 0 saturated carbocycles. The molecule has 1 amide bonds. The van der Waals surface area contributed by atoms with Crippen molar-refractivity contribution in [1.82, 2.24) is 5.06 Å². The number of rotatable bonds is 3. The Hall–Kier alpha value is -0.690. The Morgan fingerprint density at radius 2 is 2.06 bits per heavy atom. The predicted molar refractivity (Wildman–Crippen MR) is 55.3 cm³/mol. The van der Waals surface area contributed by atoms with Crippen LogP contribution < -0.4 is 0 Å². The second kappa shape index (κ2) is 4.67. The van der Waals surface area contributed by atoms with Gasteiger partial charge in [0.2, 0.25) is 0 Å². The Morgan fingerprint density at radius 1 is 1.50 bits per heavy atom. The van der Waals surface area contributed by atoms with Crippen molar-refractivity contribution in [2.24, 2.45) is 0 Å². The van der Waals surface area contributed by atoms with E-state index in [2.05, 4.69) is 0 Å². The fraction of sp³-hybridized carbons (Fsp3) is 0.900. The zero-order valence-corrected chi connectivity index (χ0v) is 10.3. The topological polar surface area (TPSA) is 68.2 Å². The van der Waals surface area contributed by atoms with Gasteiger partial charge in [-0.05, 0) is 20.8 Å². The van der Waals surface area contributed by atoms with Crippen molar-refractivity contribution in [2.75, 3.05) is 14.2 Å². The van der Waals surface area contributed by atoms with Gasteiger partial charge >= 0.3 is 0 Å². The Balaban J connectivity index is 2.81. The normalized spacial score (nSPS) is 30.1. The van der Waals surface area contributed by atoms with Crippen molar-refractivity contribution < 1.29 is 24.2 Å². The van der Waals surface area contributed by atoms with E-state index in [-0.39, 0.29) is 5.91 Å². The van der Waals surface area contributed by atoms with E-state index >= 15 is 0 Å². The summed E-state index contributed by atoms with van der Waals surface area (Å²) < 4.78 is 10.9. The number of aliphatic hydroxyl groups is 1. The first-order valence-corrected chi connectivity index (χ1v) is 5.14. The Bertz CT molecular complexity index is 266. The van der Waals surface area contributed by atoms with Gasteiger partial charge in [0.05, 0.1) is 13.2 Å². The highest BCUT2D eigenvalue weighted by atomic mass is 16.8. The van der Waals surface area contributed by atoms with Crippen LogP contribution in [0, 0.1) is 0 Å². The molecule has 0 radical (unpaired) electrons. The summed E-state index contributed by atoms with van der Waals surface area (Å²) in [5.41, 5.74) is 0. The molecule has 0 aromatic heterocycles. The molecule has 16 heavy (non-hydrogen) atoms. The van der Waals surface area contributed by atoms with Gasteiger partial charge in [0.25, 0.3) is 5.91 Å². The zero-order chi connectivity index (χ0) is 12.5. The molecule has 1 rings (SSSR count). The van der Waals surface area contributed by atoms with Gasteiger partial charge in [-0.2, -0.15) is 0 Å². The van der Waals surface area contributed by atoms with Gasteiger partial charge in [0, 0.05) is 7.05 Å². The third kappa shape index (κ3) is 2.70. The zero-order valence-electron chi connectivity index (χ0n) is 10.3. The number of aliphatic hydroxyl groups excluding tert-OH is 1. The number of hydrogen-bond acceptors (Lipinski definition) is 5. The van der Waals surface area contributed by atoms with Crippen LogP contribution in [0.5, 0.6) is 0 Å². The summed E-state index contributed by atoms with van der Waals surface area (Å²) in [4.78, 5) is 16.7. The van der Waals surface area contributed by atoms with Crippen LogP contribution in [-0.2, 0) is 19.1 Å². The standard InChI is InChI=1S/C10H19NO5/c1-6(12)7-8(9(13)11(4)14-5)16-10(2,3)15-7/h6-8,12H,1-5H3/t6-,7+,8-/m1/s1. The molecular weight excluding hydrogens is 214 g/mol. The lowest BCUT2D eigenvalue weighted by atomic mass is 10.1. The first-order chi connectivity index (χ1) is 7.28. The summed E-state index contributed by atoms with van der Waals surface area (Å²) in [7, 11) is 2.87. The van der Waals surface area contributed by atoms with Crippen molar-refractivity contribution in [2.45, 2.75) is 44.9 Å². The molecule has 1 saturated heterocycles. The van der Waals surface area contributed by atoms with E-state index in [1.165, 1.54) is 14.2 Å². The van der Waals surface area contributed by atoms with Gasteiger partial charge in [0.1, 0.15) is 6.10 Å². The first-order valence-electron chi connectivity index (χ1n) is 5.14. The molecule has 1 heterocycles. The quantitative estimate of drug-likeness (QED) is 0.690. The molecule has 6 heteroatoms. The molecule has 1 aliphatic rings. The second-order valence-electron chi connectivity index (χ2n) is 4.28. The number of hydrogen-bond donors (Lipinski definition) is 1. The van der Waals surface area contributed by atoms with Gasteiger partial charge < -0.3 is 14.6 Å². The van der Waals surface area contributed by atoms with E-state index in [9.17, 15) is 9.90 Å². The van der Waals surface area contributed by atoms with Gasteiger partial charge in [-0.25, -0.2) is 5.06 Å². The maximum Gasteiger partial charge on any atom is 0.277 e. The summed E-state index contributed by atoms with van der Waals surface area (Å²) in [5, 5.41) is 10.6. The Morgan fingerprint density at radius 3 is 2.50 bits per heavy atom. The van der Waals surface area contributed by atoms with E-state index in [1.54, 1.807) is 20.8 Å². The van der Waals surface area contributed by atoms with Crippen molar-refractivity contribution in [1.29, 1.82) is 0 Å². The molecule has 1 aliphatic heterocycles. The van der Waals surface area contributed by atoms with Crippen LogP contribution >= 0.6 is 0 Å². The molecule has 6 nitrogen and oxygen atoms in total. The van der Waals surface area contributed by atoms with Gasteiger partial charge in [-0.15, -0.1) is 0 Å². The minimum atomic E-state index is -0.878. The van der Waals surface area contributed by atoms with Crippen LogP contribution in [0.25, 0.3) is 0 Å². The number of ether oxygens (including phenoxy) is 2. The van der Waals surface area contributed by atoms with E-state index in [0.717, 1.165) is 5.06 Å². The number of nitrogens with zero attached hydrogens (tertiary/aromatic N) is 1. The van der Waals surface area contributed by atoms with Crippen LogP contribution in [0.2, 0.25) is 0 Å². The molecule has 0 aromatic carbocycles. The van der Waals surface area contributed by atoms with E-state index in [4.69, 9.17) is 14.3 Å². The minimum absolute atomic E-state index is 0.376. The van der Waals surface area contributed by atoms with E-state index in [0.29, 0.717) is 0 Å². The van der Waals surface area contributed by atoms with Gasteiger partial charge in [-0.3, -0.25) is 9.63 Å². The van der Waals surface area contributed by atoms with Crippen LogP contribution in [-0.4, -0.2) is 54.3 Å². The fourth-order valence-corrected chi connectivity index (χ4v) is 1.60. The summed E-state index contributed by atoms with van der Waals surface area (Å²) in [6, 6.07) is 0. The molecule has 3 atom stereocenters. The minimum Gasteiger partial charge on any atom is -0.391 e. The number of amides is 1. The number of carbonyl (C=O) groups excluding carboxylic acids is 1. The van der Waals surface area contributed by atoms with Crippen molar-refractivity contribution in [3.8, 4) is 0 Å². The lowest BCUT2D eigenvalue weighted by molar-refractivity contribution is -0.187. The number of carbonyl (C=O) groups is 1. The van der Waals surface area contributed by atoms with Gasteiger partial charge in [0.15, 0.2) is 11.9 Å². The summed E-state index contributed by atoms with van der Waals surface area (Å²) in [6.07, 6.45) is -2.32.